The molecule has 0 spiro atoms. The lowest BCUT2D eigenvalue weighted by Gasteiger charge is -2.05. The first-order valence-electron chi connectivity index (χ1n) is 7.79. The molecule has 0 aliphatic heterocycles. The topological polar surface area (TPSA) is 76.1 Å². The molecule has 0 saturated heterocycles. The van der Waals surface area contributed by atoms with Crippen LogP contribution in [0.4, 0.5) is 9.93 Å². The zero-order valence-electron chi connectivity index (χ0n) is 13.9. The van der Waals surface area contributed by atoms with E-state index >= 15 is 0 Å². The monoisotopic (exact) mass is 420 g/mol. The molecule has 0 aliphatic rings. The quantitative estimate of drug-likeness (QED) is 0.573. The van der Waals surface area contributed by atoms with E-state index in [0.717, 1.165) is 5.56 Å². The fourth-order valence-corrected chi connectivity index (χ4v) is 3.12. The lowest BCUT2D eigenvalue weighted by Crippen LogP contribution is -2.23. The van der Waals surface area contributed by atoms with Crippen LogP contribution in [-0.2, 0) is 6.61 Å². The molecule has 3 rings (SSSR count). The summed E-state index contributed by atoms with van der Waals surface area (Å²) < 4.78 is 5.59. The third-order valence-electron chi connectivity index (χ3n) is 3.22. The van der Waals surface area contributed by atoms with E-state index in [2.05, 4.69) is 20.8 Å². The van der Waals surface area contributed by atoms with Crippen molar-refractivity contribution in [2.75, 3.05) is 5.32 Å². The smallest absolute Gasteiger partial charge is 0.325 e. The molecule has 1 aromatic heterocycles. The molecule has 0 radical (unpaired) electrons. The van der Waals surface area contributed by atoms with Crippen LogP contribution in [0.15, 0.2) is 54.7 Å². The zero-order valence-corrected chi connectivity index (χ0v) is 16.2. The van der Waals surface area contributed by atoms with Crippen LogP contribution in [0, 0.1) is 0 Å². The van der Waals surface area contributed by atoms with Gasteiger partial charge in [-0.25, -0.2) is 4.79 Å². The summed E-state index contributed by atoms with van der Waals surface area (Å²) in [5.74, 6) is 0.495. The number of carbonyl (C=O) groups excluding carboxylic acids is 1. The second kappa shape index (κ2) is 9.36. The van der Waals surface area contributed by atoms with Crippen LogP contribution in [-0.4, -0.2) is 16.2 Å². The molecule has 1 heterocycles. The second-order valence-electron chi connectivity index (χ2n) is 5.21. The van der Waals surface area contributed by atoms with Gasteiger partial charge in [0.2, 0.25) is 5.13 Å². The van der Waals surface area contributed by atoms with E-state index in [1.807, 2.05) is 30.3 Å². The van der Waals surface area contributed by atoms with Gasteiger partial charge in [-0.15, -0.1) is 10.2 Å². The molecular formula is C18H14Cl2N4O2S. The Labute approximate surface area is 169 Å². The highest BCUT2D eigenvalue weighted by atomic mass is 35.5. The van der Waals surface area contributed by atoms with Crippen molar-refractivity contribution in [3.8, 4) is 5.75 Å². The number of aromatic nitrogens is 2. The fraction of sp³-hybridized carbons (Fsp3) is 0.0556. The molecule has 0 atom stereocenters. The first-order chi connectivity index (χ1) is 13.1. The third-order valence-corrected chi connectivity index (χ3v) is 4.56. The Morgan fingerprint density at radius 2 is 1.96 bits per heavy atom. The summed E-state index contributed by atoms with van der Waals surface area (Å²) in [6, 6.07) is 14.2. The number of nitrogens with zero attached hydrogens (tertiary/aromatic N) is 2. The molecule has 2 aromatic carbocycles. The average Bonchev–Trinajstić information content (AvgIpc) is 3.09. The van der Waals surface area contributed by atoms with Crippen molar-refractivity contribution in [2.24, 2.45) is 0 Å². The van der Waals surface area contributed by atoms with Gasteiger partial charge < -0.3 is 10.1 Å². The maximum absolute atomic E-state index is 11.9. The third kappa shape index (κ3) is 5.96. The number of hydrogen-bond donors (Lipinski definition) is 2. The summed E-state index contributed by atoms with van der Waals surface area (Å²) in [5.41, 5.74) is 0.981. The van der Waals surface area contributed by atoms with Crippen molar-refractivity contribution in [3.05, 3.63) is 75.3 Å². The number of hydrogen-bond acceptors (Lipinski definition) is 5. The van der Waals surface area contributed by atoms with Gasteiger partial charge in [-0.2, -0.15) is 0 Å². The molecule has 9 heteroatoms. The second-order valence-corrected chi connectivity index (χ2v) is 7.11. The van der Waals surface area contributed by atoms with E-state index in [4.69, 9.17) is 27.9 Å². The van der Waals surface area contributed by atoms with E-state index in [9.17, 15) is 4.79 Å². The van der Waals surface area contributed by atoms with E-state index < -0.39 is 6.03 Å². The van der Waals surface area contributed by atoms with Crippen molar-refractivity contribution in [1.29, 1.82) is 0 Å². The number of anilines is 1. The van der Waals surface area contributed by atoms with Gasteiger partial charge in [0.25, 0.3) is 0 Å². The summed E-state index contributed by atoms with van der Waals surface area (Å²) in [4.78, 5) is 11.9. The molecule has 0 aliphatic carbocycles. The van der Waals surface area contributed by atoms with Crippen LogP contribution in [0.5, 0.6) is 5.75 Å². The maximum atomic E-state index is 11.9. The summed E-state index contributed by atoms with van der Waals surface area (Å²) in [7, 11) is 0. The Kier molecular flexibility index (Phi) is 6.64. The predicted octanol–water partition coefficient (Wildman–Crippen LogP) is 5.22. The normalized spacial score (nSPS) is 10.7. The van der Waals surface area contributed by atoms with Gasteiger partial charge in [-0.1, -0.05) is 64.9 Å². The number of halogens is 2. The van der Waals surface area contributed by atoms with Gasteiger partial charge in [-0.05, 0) is 29.8 Å². The first-order valence-corrected chi connectivity index (χ1v) is 9.37. The van der Waals surface area contributed by atoms with Crippen LogP contribution in [0.2, 0.25) is 10.0 Å². The van der Waals surface area contributed by atoms with Gasteiger partial charge >= 0.3 is 6.03 Å². The van der Waals surface area contributed by atoms with Crippen molar-refractivity contribution < 1.29 is 9.53 Å². The first kappa shape index (κ1) is 19.2. The number of amides is 2. The van der Waals surface area contributed by atoms with Crippen LogP contribution < -0.4 is 15.4 Å². The molecule has 0 saturated carbocycles. The molecule has 0 fully saturated rings. The Hall–Kier alpha value is -2.61. The molecule has 138 valence electrons. The Morgan fingerprint density at radius 1 is 1.15 bits per heavy atom. The Morgan fingerprint density at radius 3 is 2.74 bits per heavy atom. The summed E-state index contributed by atoms with van der Waals surface area (Å²) in [5, 5.41) is 15.0. The van der Waals surface area contributed by atoms with Crippen LogP contribution in [0.25, 0.3) is 6.08 Å². The summed E-state index contributed by atoms with van der Waals surface area (Å²) in [6.45, 7) is 0.177. The molecular weight excluding hydrogens is 407 g/mol. The zero-order chi connectivity index (χ0) is 19.1. The Balaban J connectivity index is 1.48. The van der Waals surface area contributed by atoms with E-state index in [1.165, 1.54) is 11.3 Å². The molecule has 6 nitrogen and oxygen atoms in total. The maximum Gasteiger partial charge on any atom is 0.325 e. The highest BCUT2D eigenvalue weighted by Crippen LogP contribution is 2.28. The largest absolute Gasteiger partial charge is 0.485 e. The van der Waals surface area contributed by atoms with Gasteiger partial charge in [0.05, 0.1) is 5.02 Å². The number of ether oxygens (including phenoxy) is 1. The highest BCUT2D eigenvalue weighted by molar-refractivity contribution is 7.15. The number of benzene rings is 2. The van der Waals surface area contributed by atoms with Crippen molar-refractivity contribution in [1.82, 2.24) is 15.5 Å². The van der Waals surface area contributed by atoms with Gasteiger partial charge in [0.15, 0.2) is 5.01 Å². The summed E-state index contributed by atoms with van der Waals surface area (Å²) in [6.07, 6.45) is 3.34. The fourth-order valence-electron chi connectivity index (χ4n) is 2.01. The number of carbonyl (C=O) groups is 1. The molecule has 2 amide bonds. The number of rotatable bonds is 6. The minimum absolute atomic E-state index is 0.177. The highest BCUT2D eigenvalue weighted by Gasteiger charge is 2.09. The standard InChI is InChI=1S/C18H14Cl2N4O2S/c19-13-6-7-15(14(20)10-13)26-11-16-23-24-18(27-16)22-17(25)21-9-8-12-4-2-1-3-5-12/h1-10H,11H2,(H2,21,22,24,25)/b9-8+. The minimum Gasteiger partial charge on any atom is -0.485 e. The van der Waals surface area contributed by atoms with Crippen molar-refractivity contribution in [2.45, 2.75) is 6.61 Å². The van der Waals surface area contributed by atoms with Crippen molar-refractivity contribution >= 4 is 51.8 Å². The van der Waals surface area contributed by atoms with Crippen LogP contribution in [0.3, 0.4) is 0 Å². The van der Waals surface area contributed by atoms with Crippen molar-refractivity contribution in [3.63, 3.8) is 0 Å². The van der Waals surface area contributed by atoms with Crippen LogP contribution >= 0.6 is 34.5 Å². The van der Waals surface area contributed by atoms with E-state index in [-0.39, 0.29) is 6.61 Å². The SMILES string of the molecule is O=C(N/C=C/c1ccccc1)Nc1nnc(COc2ccc(Cl)cc2Cl)s1. The van der Waals surface area contributed by atoms with E-state index in [0.29, 0.717) is 25.9 Å². The van der Waals surface area contributed by atoms with Gasteiger partial charge in [0.1, 0.15) is 12.4 Å². The predicted molar refractivity (Wildman–Crippen MR) is 108 cm³/mol. The molecule has 3 aromatic rings. The number of urea groups is 1. The minimum atomic E-state index is -0.411. The van der Waals surface area contributed by atoms with E-state index in [1.54, 1.807) is 30.5 Å². The molecule has 0 bridgehead atoms. The van der Waals surface area contributed by atoms with Gasteiger partial charge in [0, 0.05) is 11.2 Å². The lowest BCUT2D eigenvalue weighted by molar-refractivity contribution is 0.255. The van der Waals surface area contributed by atoms with Gasteiger partial charge in [-0.3, -0.25) is 5.32 Å². The number of nitrogens with one attached hydrogen (secondary N) is 2. The lowest BCUT2D eigenvalue weighted by atomic mass is 10.2. The molecule has 27 heavy (non-hydrogen) atoms. The summed E-state index contributed by atoms with van der Waals surface area (Å²) >= 11 is 13.1. The molecule has 0 unspecified atom stereocenters. The van der Waals surface area contributed by atoms with Crippen LogP contribution in [0.1, 0.15) is 10.6 Å². The molecule has 2 N–H and O–H groups in total. The Bertz CT molecular complexity index is 948. The average molecular weight is 421 g/mol.